The molecule has 1 heterocycles. The Labute approximate surface area is 199 Å². The number of nitrogens with zero attached hydrogens (tertiary/aromatic N) is 2. The van der Waals surface area contributed by atoms with E-state index in [1.165, 1.54) is 19.1 Å². The van der Waals surface area contributed by atoms with Gasteiger partial charge < -0.3 is 0 Å². The highest BCUT2D eigenvalue weighted by Crippen LogP contribution is 2.64. The molecule has 1 saturated heterocycles. The van der Waals surface area contributed by atoms with E-state index in [-0.39, 0.29) is 16.5 Å². The fourth-order valence-electron chi connectivity index (χ4n) is 6.40. The maximum atomic E-state index is 14.0. The van der Waals surface area contributed by atoms with E-state index in [1.807, 2.05) is 48.5 Å². The SMILES string of the molecule is CC(=O)C12c3ccccc3C(c3ccccc31)[C@@H]1C(=O)N(c3ccc(Cl)c([N+](=O)[O-])c3)C(=O)[C@H]12. The predicted octanol–water partition coefficient (Wildman–Crippen LogP) is 4.39. The fourth-order valence-corrected chi connectivity index (χ4v) is 6.59. The second kappa shape index (κ2) is 6.84. The Kier molecular flexibility index (Phi) is 4.17. The average molecular weight is 473 g/mol. The molecule has 0 saturated carbocycles. The Morgan fingerprint density at radius 2 is 1.56 bits per heavy atom. The topological polar surface area (TPSA) is 97.6 Å². The maximum Gasteiger partial charge on any atom is 0.289 e. The molecule has 168 valence electrons. The Morgan fingerprint density at radius 1 is 0.971 bits per heavy atom. The lowest BCUT2D eigenvalue weighted by molar-refractivity contribution is -0.384. The third-order valence-electron chi connectivity index (χ3n) is 7.56. The lowest BCUT2D eigenvalue weighted by atomic mass is 9.46. The standard InChI is InChI=1S/C26H17ClN2O5/c1-13(30)26-17-8-4-2-6-15(17)21(16-7-3-5-9-18(16)26)22-23(26)25(32)28(24(22)31)14-10-11-19(27)20(12-14)29(33)34/h2-12,21-23H,1H3/t21?,22-,23-,26?/m0/s1. The summed E-state index contributed by atoms with van der Waals surface area (Å²) in [4.78, 5) is 53.2. The molecule has 34 heavy (non-hydrogen) atoms. The molecule has 0 radical (unpaired) electrons. The van der Waals surface area contributed by atoms with Crippen LogP contribution in [0.5, 0.6) is 0 Å². The van der Waals surface area contributed by atoms with Gasteiger partial charge in [0.05, 0.1) is 27.9 Å². The number of anilines is 1. The number of halogens is 1. The lowest BCUT2D eigenvalue weighted by Gasteiger charge is -2.52. The molecule has 1 aliphatic heterocycles. The third kappa shape index (κ3) is 2.29. The van der Waals surface area contributed by atoms with Crippen LogP contribution in [0.2, 0.25) is 5.02 Å². The molecule has 0 spiro atoms. The lowest BCUT2D eigenvalue weighted by Crippen LogP contribution is -2.57. The first kappa shape index (κ1) is 20.7. The minimum Gasteiger partial charge on any atom is -0.299 e. The minimum atomic E-state index is -1.31. The summed E-state index contributed by atoms with van der Waals surface area (Å²) in [6.45, 7) is 1.46. The van der Waals surface area contributed by atoms with Crippen LogP contribution in [-0.4, -0.2) is 22.5 Å². The second-order valence-corrected chi connectivity index (χ2v) is 9.33. The van der Waals surface area contributed by atoms with Crippen molar-refractivity contribution >= 4 is 40.6 Å². The zero-order valence-corrected chi connectivity index (χ0v) is 18.7. The number of benzene rings is 3. The van der Waals surface area contributed by atoms with Crippen LogP contribution in [0.3, 0.4) is 0 Å². The first-order valence-electron chi connectivity index (χ1n) is 10.8. The highest BCUT2D eigenvalue weighted by molar-refractivity contribution is 6.33. The highest BCUT2D eigenvalue weighted by Gasteiger charge is 2.70. The zero-order valence-electron chi connectivity index (χ0n) is 17.9. The molecule has 7 nitrogen and oxygen atoms in total. The van der Waals surface area contributed by atoms with E-state index in [4.69, 9.17) is 11.6 Å². The number of nitro benzene ring substituents is 1. The Balaban J connectivity index is 1.63. The first-order chi connectivity index (χ1) is 16.3. The number of carbonyl (C=O) groups excluding carboxylic acids is 3. The van der Waals surface area contributed by atoms with Crippen molar-refractivity contribution in [3.63, 3.8) is 0 Å². The fraction of sp³-hybridized carbons (Fsp3) is 0.192. The molecular weight excluding hydrogens is 456 g/mol. The molecule has 8 heteroatoms. The largest absolute Gasteiger partial charge is 0.299 e. The quantitative estimate of drug-likeness (QED) is 0.320. The van der Waals surface area contributed by atoms with E-state index >= 15 is 0 Å². The van der Waals surface area contributed by atoms with E-state index in [2.05, 4.69) is 0 Å². The average Bonchev–Trinajstić information content (AvgIpc) is 3.10. The molecule has 0 unspecified atom stereocenters. The Hall–Kier alpha value is -3.84. The minimum absolute atomic E-state index is 0.0757. The number of rotatable bonds is 3. The highest BCUT2D eigenvalue weighted by atomic mass is 35.5. The van der Waals surface area contributed by atoms with Gasteiger partial charge in [-0.25, -0.2) is 4.90 Å². The van der Waals surface area contributed by atoms with E-state index in [9.17, 15) is 24.5 Å². The van der Waals surface area contributed by atoms with Gasteiger partial charge in [0, 0.05) is 12.0 Å². The second-order valence-electron chi connectivity index (χ2n) is 8.92. The van der Waals surface area contributed by atoms with Crippen LogP contribution in [0.4, 0.5) is 11.4 Å². The number of hydrogen-bond acceptors (Lipinski definition) is 5. The smallest absolute Gasteiger partial charge is 0.289 e. The molecule has 0 N–H and O–H groups in total. The molecule has 2 amide bonds. The predicted molar refractivity (Wildman–Crippen MR) is 124 cm³/mol. The molecule has 3 aromatic rings. The van der Waals surface area contributed by atoms with Crippen molar-refractivity contribution in [1.29, 1.82) is 0 Å². The maximum absolute atomic E-state index is 14.0. The van der Waals surface area contributed by atoms with Crippen molar-refractivity contribution in [3.05, 3.63) is 104 Å². The van der Waals surface area contributed by atoms with Gasteiger partial charge in [0.15, 0.2) is 0 Å². The number of amides is 2. The van der Waals surface area contributed by atoms with Gasteiger partial charge in [-0.15, -0.1) is 0 Å². The van der Waals surface area contributed by atoms with Crippen molar-refractivity contribution < 1.29 is 19.3 Å². The normalized spacial score (nSPS) is 26.2. The molecule has 4 aliphatic rings. The van der Waals surface area contributed by atoms with Crippen LogP contribution in [0.1, 0.15) is 35.1 Å². The number of nitro groups is 1. The summed E-state index contributed by atoms with van der Waals surface area (Å²) in [6, 6.07) is 18.8. The summed E-state index contributed by atoms with van der Waals surface area (Å²) in [5, 5.41) is 11.4. The summed E-state index contributed by atoms with van der Waals surface area (Å²) < 4.78 is 0. The summed E-state index contributed by atoms with van der Waals surface area (Å²) in [7, 11) is 0. The number of imide groups is 1. The van der Waals surface area contributed by atoms with Crippen LogP contribution in [0.25, 0.3) is 0 Å². The summed E-state index contributed by atoms with van der Waals surface area (Å²) in [6.07, 6.45) is 0. The van der Waals surface area contributed by atoms with Gasteiger partial charge in [-0.05, 0) is 41.3 Å². The Bertz CT molecular complexity index is 1420. The van der Waals surface area contributed by atoms with E-state index in [0.29, 0.717) is 0 Å². The zero-order chi connectivity index (χ0) is 23.9. The van der Waals surface area contributed by atoms with Crippen molar-refractivity contribution in [3.8, 4) is 0 Å². The molecule has 2 atom stereocenters. The van der Waals surface area contributed by atoms with E-state index < -0.39 is 45.6 Å². The number of ketones is 1. The monoisotopic (exact) mass is 472 g/mol. The van der Waals surface area contributed by atoms with Gasteiger partial charge in [-0.1, -0.05) is 60.1 Å². The molecule has 0 aromatic heterocycles. The van der Waals surface area contributed by atoms with E-state index in [1.54, 1.807) is 0 Å². The van der Waals surface area contributed by atoms with Crippen molar-refractivity contribution in [2.45, 2.75) is 18.3 Å². The van der Waals surface area contributed by atoms with Crippen LogP contribution >= 0.6 is 11.6 Å². The van der Waals surface area contributed by atoms with Crippen LogP contribution in [-0.2, 0) is 19.8 Å². The molecule has 1 fully saturated rings. The van der Waals surface area contributed by atoms with Crippen molar-refractivity contribution in [1.82, 2.24) is 0 Å². The number of hydrogen-bond donors (Lipinski definition) is 0. The van der Waals surface area contributed by atoms with E-state index in [0.717, 1.165) is 33.2 Å². The van der Waals surface area contributed by atoms with Crippen LogP contribution in [0, 0.1) is 22.0 Å². The van der Waals surface area contributed by atoms with Crippen molar-refractivity contribution in [2.24, 2.45) is 11.8 Å². The summed E-state index contributed by atoms with van der Waals surface area (Å²) >= 11 is 5.96. The van der Waals surface area contributed by atoms with Crippen molar-refractivity contribution in [2.75, 3.05) is 4.90 Å². The molecule has 3 aromatic carbocycles. The first-order valence-corrected chi connectivity index (χ1v) is 11.2. The molecule has 7 rings (SSSR count). The molecule has 3 aliphatic carbocycles. The molecular formula is C26H17ClN2O5. The third-order valence-corrected chi connectivity index (χ3v) is 7.88. The van der Waals surface area contributed by atoms with Gasteiger partial charge in [-0.3, -0.25) is 24.5 Å². The van der Waals surface area contributed by atoms with Gasteiger partial charge in [0.1, 0.15) is 10.8 Å². The van der Waals surface area contributed by atoms with Crippen LogP contribution < -0.4 is 4.90 Å². The Morgan fingerprint density at radius 3 is 2.12 bits per heavy atom. The number of Topliss-reactive ketones (excluding diaryl/α,β-unsaturated/α-hetero) is 1. The van der Waals surface area contributed by atoms with Crippen LogP contribution in [0.15, 0.2) is 66.7 Å². The molecule has 2 bridgehead atoms. The summed E-state index contributed by atoms with van der Waals surface area (Å²) in [5.41, 5.74) is 1.59. The van der Waals surface area contributed by atoms with Gasteiger partial charge in [0.2, 0.25) is 11.8 Å². The number of carbonyl (C=O) groups is 3. The van der Waals surface area contributed by atoms with Gasteiger partial charge in [-0.2, -0.15) is 0 Å². The van der Waals surface area contributed by atoms with Gasteiger partial charge in [0.25, 0.3) is 5.69 Å². The summed E-state index contributed by atoms with van der Waals surface area (Å²) in [5.74, 6) is -3.35. The van der Waals surface area contributed by atoms with Gasteiger partial charge >= 0.3 is 0 Å².